The van der Waals surface area contributed by atoms with E-state index in [9.17, 15) is 0 Å². The van der Waals surface area contributed by atoms with Crippen LogP contribution in [0, 0.1) is 0 Å². The molecule has 0 bridgehead atoms. The third kappa shape index (κ3) is 5.97. The van der Waals surface area contributed by atoms with Crippen LogP contribution < -0.4 is 30.5 Å². The molecule has 0 saturated carbocycles. The van der Waals surface area contributed by atoms with Crippen molar-refractivity contribution in [2.24, 2.45) is 0 Å². The predicted molar refractivity (Wildman–Crippen MR) is 330 cm³/mol. The number of fused-ring (bicyclic) bond motifs is 12. The van der Waals surface area contributed by atoms with Gasteiger partial charge in [0.15, 0.2) is 0 Å². The Balaban J connectivity index is 1.11. The molecular weight excluding hydrogens is 949 g/mol. The molecule has 0 radical (unpaired) electrons. The van der Waals surface area contributed by atoms with Crippen LogP contribution in [0.25, 0.3) is 66.1 Å². The smallest absolute Gasteiger partial charge is 0.117 e. The SMILES string of the molecule is CC1(C)c2ccccc2-c2c(-c3c4ccc(N5c6ccccc6[Si](C)(C)c6ccccc65)cc4c(-c4cccc5c4-c4ccccc4C5(C)C)c4ccc(N5c6ccccc6[Si](C)(C)c6ccccc65)cc34)cccc21. The Bertz CT molecular complexity index is 3950. The lowest BCUT2D eigenvalue weighted by molar-refractivity contribution is 0.660. The summed E-state index contributed by atoms with van der Waals surface area (Å²) in [5.74, 6) is 0. The van der Waals surface area contributed by atoms with Gasteiger partial charge in [0.2, 0.25) is 0 Å². The quantitative estimate of drug-likeness (QED) is 0.128. The van der Waals surface area contributed by atoms with Gasteiger partial charge < -0.3 is 9.80 Å². The monoisotopic (exact) mass is 1010 g/mol. The Hall–Kier alpha value is -8.03. The van der Waals surface area contributed by atoms with Crippen molar-refractivity contribution in [3.63, 3.8) is 0 Å². The lowest BCUT2D eigenvalue weighted by Crippen LogP contribution is -2.58. The van der Waals surface area contributed by atoms with Gasteiger partial charge in [-0.3, -0.25) is 0 Å². The molecule has 4 aliphatic rings. The van der Waals surface area contributed by atoms with Crippen molar-refractivity contribution in [3.8, 4) is 44.5 Å². The van der Waals surface area contributed by atoms with Gasteiger partial charge in [0.05, 0.1) is 0 Å². The topological polar surface area (TPSA) is 6.48 Å². The molecule has 0 aromatic heterocycles. The summed E-state index contributed by atoms with van der Waals surface area (Å²) in [4.78, 5) is 5.14. The molecule has 0 spiro atoms. The zero-order chi connectivity index (χ0) is 51.6. The van der Waals surface area contributed by atoms with Crippen molar-refractivity contribution in [1.29, 1.82) is 0 Å². The second kappa shape index (κ2) is 15.8. The minimum absolute atomic E-state index is 0.166. The van der Waals surface area contributed by atoms with Crippen molar-refractivity contribution in [2.75, 3.05) is 9.80 Å². The first-order valence-corrected chi connectivity index (χ1v) is 33.3. The molecule has 15 rings (SSSR count). The molecule has 76 heavy (non-hydrogen) atoms. The summed E-state index contributed by atoms with van der Waals surface area (Å²) < 4.78 is 0. The fourth-order valence-electron chi connectivity index (χ4n) is 14.9. The normalized spacial score (nSPS) is 16.3. The molecule has 366 valence electrons. The Kier molecular flexibility index (Phi) is 9.41. The summed E-state index contributed by atoms with van der Waals surface area (Å²) in [6.07, 6.45) is 0. The van der Waals surface area contributed by atoms with Crippen LogP contribution in [0.3, 0.4) is 0 Å². The number of anilines is 6. The second-order valence-corrected chi connectivity index (χ2v) is 32.7. The van der Waals surface area contributed by atoms with E-state index in [1.54, 1.807) is 0 Å². The number of hydrogen-bond acceptors (Lipinski definition) is 2. The lowest BCUT2D eigenvalue weighted by Gasteiger charge is -2.41. The third-order valence-electron chi connectivity index (χ3n) is 18.6. The maximum absolute atomic E-state index is 2.57. The zero-order valence-corrected chi connectivity index (χ0v) is 46.7. The van der Waals surface area contributed by atoms with Gasteiger partial charge in [0, 0.05) is 45.0 Å². The molecule has 11 aromatic carbocycles. The Labute approximate surface area is 449 Å². The molecule has 0 N–H and O–H groups in total. The average Bonchev–Trinajstić information content (AvgIpc) is 4.02. The van der Waals surface area contributed by atoms with Crippen LogP contribution in [0.1, 0.15) is 49.9 Å². The first-order valence-electron chi connectivity index (χ1n) is 27.3. The van der Waals surface area contributed by atoms with Gasteiger partial charge in [0.25, 0.3) is 0 Å². The summed E-state index contributed by atoms with van der Waals surface area (Å²) >= 11 is 0. The van der Waals surface area contributed by atoms with Gasteiger partial charge in [-0.1, -0.05) is 224 Å². The van der Waals surface area contributed by atoms with Crippen LogP contribution in [-0.4, -0.2) is 16.1 Å². The maximum atomic E-state index is 2.57. The highest BCUT2D eigenvalue weighted by atomic mass is 28.3. The fourth-order valence-corrected chi connectivity index (χ4v) is 20.9. The van der Waals surface area contributed by atoms with Gasteiger partial charge in [-0.2, -0.15) is 0 Å². The van der Waals surface area contributed by atoms with E-state index in [2.05, 4.69) is 282 Å². The summed E-state index contributed by atoms with van der Waals surface area (Å²) in [6.45, 7) is 19.7. The standard InChI is InChI=1S/C72H60N2Si2/c1-71(2)55-27-11-9-23-49(55)69-51(25-21-29-57(69)71)67-47-41-39-46(74-61-33-15-19-37-65(61)76(7,8)66-38-20-16-34-62(66)74)44-54(47)68(52-26-22-30-58-70(52)50-24-10-12-28-56(50)72(58,3)4)48-42-40-45(43-53(48)67)73-59-31-13-17-35-63(59)75(5,6)64-36-18-14-32-60(64)73/h9-44H,1-8H3. The number of hydrogen-bond donors (Lipinski definition) is 0. The summed E-state index contributed by atoms with van der Waals surface area (Å²) in [7, 11) is -4.08. The van der Waals surface area contributed by atoms with Crippen LogP contribution in [0.4, 0.5) is 34.1 Å². The number of nitrogens with zero attached hydrogens (tertiary/aromatic N) is 2. The van der Waals surface area contributed by atoms with Crippen molar-refractivity contribution < 1.29 is 0 Å². The highest BCUT2D eigenvalue weighted by molar-refractivity contribution is 7.03. The van der Waals surface area contributed by atoms with E-state index in [0.717, 1.165) is 0 Å². The summed E-state index contributed by atoms with van der Waals surface area (Å²) in [6, 6.07) is 84.4. The van der Waals surface area contributed by atoms with Crippen molar-refractivity contribution in [3.05, 3.63) is 241 Å². The maximum Gasteiger partial charge on any atom is 0.117 e. The van der Waals surface area contributed by atoms with Gasteiger partial charge in [-0.25, -0.2) is 0 Å². The molecule has 0 atom stereocenters. The van der Waals surface area contributed by atoms with E-state index in [-0.39, 0.29) is 10.8 Å². The molecule has 2 heterocycles. The Morgan fingerprint density at radius 1 is 0.276 bits per heavy atom. The van der Waals surface area contributed by atoms with E-state index in [4.69, 9.17) is 0 Å². The van der Waals surface area contributed by atoms with E-state index in [0.29, 0.717) is 0 Å². The number of para-hydroxylation sites is 4. The summed E-state index contributed by atoms with van der Waals surface area (Å²) in [5.41, 5.74) is 23.1. The first-order chi connectivity index (χ1) is 36.8. The van der Waals surface area contributed by atoms with Crippen LogP contribution in [0.5, 0.6) is 0 Å². The van der Waals surface area contributed by atoms with Crippen molar-refractivity contribution in [1.82, 2.24) is 0 Å². The predicted octanol–water partition coefficient (Wildman–Crippen LogP) is 17.2. The average molecular weight is 1010 g/mol. The number of benzene rings is 11. The largest absolute Gasteiger partial charge is 0.311 e. The molecular formula is C72H60N2Si2. The van der Waals surface area contributed by atoms with E-state index < -0.39 is 16.1 Å². The zero-order valence-electron chi connectivity index (χ0n) is 44.7. The molecule has 0 unspecified atom stereocenters. The minimum atomic E-state index is -2.04. The minimum Gasteiger partial charge on any atom is -0.311 e. The second-order valence-electron chi connectivity index (χ2n) is 24.0. The molecule has 0 fully saturated rings. The Morgan fingerprint density at radius 2 is 0.579 bits per heavy atom. The fraction of sp³-hybridized carbons (Fsp3) is 0.139. The summed E-state index contributed by atoms with van der Waals surface area (Å²) in [5, 5.41) is 10.9. The molecule has 2 nitrogen and oxygen atoms in total. The molecule has 0 saturated heterocycles. The van der Waals surface area contributed by atoms with Crippen LogP contribution in [0.15, 0.2) is 218 Å². The van der Waals surface area contributed by atoms with Crippen LogP contribution >= 0.6 is 0 Å². The highest BCUT2D eigenvalue weighted by Gasteiger charge is 2.42. The molecule has 11 aromatic rings. The molecule has 0 amide bonds. The van der Waals surface area contributed by atoms with Gasteiger partial charge in [-0.15, -0.1) is 0 Å². The van der Waals surface area contributed by atoms with E-state index in [1.165, 1.54) is 143 Å². The Morgan fingerprint density at radius 3 is 0.947 bits per heavy atom. The van der Waals surface area contributed by atoms with Crippen molar-refractivity contribution in [2.45, 2.75) is 64.7 Å². The molecule has 2 aliphatic carbocycles. The van der Waals surface area contributed by atoms with E-state index >= 15 is 0 Å². The molecule has 4 heteroatoms. The highest BCUT2D eigenvalue weighted by Crippen LogP contribution is 2.58. The van der Waals surface area contributed by atoms with Crippen molar-refractivity contribution >= 4 is 92.6 Å². The number of rotatable bonds is 4. The van der Waals surface area contributed by atoms with Crippen LogP contribution in [0.2, 0.25) is 26.2 Å². The van der Waals surface area contributed by atoms with E-state index in [1.807, 2.05) is 0 Å². The van der Waals surface area contributed by atoms with Gasteiger partial charge in [0.1, 0.15) is 16.1 Å². The lowest BCUT2D eigenvalue weighted by atomic mass is 9.79. The third-order valence-corrected chi connectivity index (χ3v) is 25.7. The van der Waals surface area contributed by atoms with Gasteiger partial charge in [-0.05, 0) is 158 Å². The van der Waals surface area contributed by atoms with Gasteiger partial charge >= 0.3 is 0 Å². The first kappa shape index (κ1) is 45.4. The van der Waals surface area contributed by atoms with Crippen LogP contribution in [-0.2, 0) is 10.8 Å². The molecule has 2 aliphatic heterocycles.